The summed E-state index contributed by atoms with van der Waals surface area (Å²) in [6.45, 7) is 10.3. The lowest BCUT2D eigenvalue weighted by molar-refractivity contribution is 0.796. The maximum Gasteiger partial charge on any atom is 0.247 e. The highest BCUT2D eigenvalue weighted by molar-refractivity contribution is 5.56. The summed E-state index contributed by atoms with van der Waals surface area (Å²) in [5, 5.41) is 11.4. The molecule has 0 aliphatic carbocycles. The molecule has 0 saturated heterocycles. The largest absolute Gasteiger partial charge is 0.340 e. The molecule has 0 bridgehead atoms. The van der Waals surface area contributed by atoms with Crippen molar-refractivity contribution < 1.29 is 0 Å². The number of nitrogens with zero attached hydrogens (tertiary/aromatic N) is 4. The summed E-state index contributed by atoms with van der Waals surface area (Å²) in [6, 6.07) is 8.39. The molecule has 0 spiro atoms. The van der Waals surface area contributed by atoms with Gasteiger partial charge in [-0.15, -0.1) is 5.10 Å². The predicted octanol–water partition coefficient (Wildman–Crippen LogP) is 3.58. The van der Waals surface area contributed by atoms with E-state index in [2.05, 4.69) is 77.4 Å². The van der Waals surface area contributed by atoms with Gasteiger partial charge in [-0.25, -0.2) is 0 Å². The molecule has 0 amide bonds. The van der Waals surface area contributed by atoms with Crippen molar-refractivity contribution in [3.63, 3.8) is 0 Å². The van der Waals surface area contributed by atoms with E-state index in [-0.39, 0.29) is 0 Å². The molecule has 5 heteroatoms. The molecule has 0 atom stereocenters. The summed E-state index contributed by atoms with van der Waals surface area (Å²) in [4.78, 5) is 6.58. The third-order valence-corrected chi connectivity index (χ3v) is 3.44. The van der Waals surface area contributed by atoms with Crippen LogP contribution >= 0.6 is 0 Å². The molecule has 2 aromatic rings. The number of anilines is 3. The predicted molar refractivity (Wildman–Crippen MR) is 87.2 cm³/mol. The Bertz CT molecular complexity index is 561. The number of hydrogen-bond acceptors (Lipinski definition) is 5. The minimum Gasteiger partial charge on any atom is -0.340 e. The van der Waals surface area contributed by atoms with Crippen LogP contribution in [0.2, 0.25) is 0 Å². The molecule has 1 N–H and O–H groups in total. The maximum atomic E-state index is 4.51. The summed E-state index contributed by atoms with van der Waals surface area (Å²) in [5.74, 6) is 1.90. The van der Waals surface area contributed by atoms with Crippen LogP contribution in [0.15, 0.2) is 30.5 Å². The van der Waals surface area contributed by atoms with E-state index in [9.17, 15) is 0 Å². The molecule has 0 aliphatic rings. The Kier molecular flexibility index (Phi) is 5.09. The summed E-state index contributed by atoms with van der Waals surface area (Å²) >= 11 is 0. The van der Waals surface area contributed by atoms with Crippen molar-refractivity contribution in [3.8, 4) is 0 Å². The molecular weight excluding hydrogens is 262 g/mol. The van der Waals surface area contributed by atoms with Gasteiger partial charge in [0.15, 0.2) is 5.82 Å². The van der Waals surface area contributed by atoms with E-state index in [1.165, 1.54) is 5.56 Å². The van der Waals surface area contributed by atoms with Crippen LogP contribution in [0.1, 0.15) is 39.2 Å². The minimum atomic E-state index is 0.536. The first kappa shape index (κ1) is 15.2. The van der Waals surface area contributed by atoms with Gasteiger partial charge in [0, 0.05) is 18.8 Å². The normalized spacial score (nSPS) is 10.7. The lowest BCUT2D eigenvalue weighted by atomic mass is 10.0. The topological polar surface area (TPSA) is 53.9 Å². The Balaban J connectivity index is 2.14. The average Bonchev–Trinajstić information content (AvgIpc) is 2.49. The van der Waals surface area contributed by atoms with Gasteiger partial charge < -0.3 is 10.2 Å². The third-order valence-electron chi connectivity index (χ3n) is 3.44. The fourth-order valence-electron chi connectivity index (χ4n) is 2.09. The zero-order valence-electron chi connectivity index (χ0n) is 13.2. The number of nitrogens with one attached hydrogen (secondary N) is 1. The van der Waals surface area contributed by atoms with Crippen LogP contribution in [0.4, 0.5) is 17.5 Å². The molecule has 1 aromatic carbocycles. The van der Waals surface area contributed by atoms with E-state index in [1.54, 1.807) is 6.20 Å². The van der Waals surface area contributed by atoms with Gasteiger partial charge in [-0.1, -0.05) is 26.0 Å². The van der Waals surface area contributed by atoms with Gasteiger partial charge >= 0.3 is 0 Å². The highest BCUT2D eigenvalue weighted by Gasteiger charge is 2.07. The zero-order chi connectivity index (χ0) is 15.2. The molecule has 5 nitrogen and oxygen atoms in total. The molecule has 0 aliphatic heterocycles. The van der Waals surface area contributed by atoms with Crippen LogP contribution in [0, 0.1) is 0 Å². The molecule has 1 aromatic heterocycles. The SMILES string of the molecule is CCN(CC)c1nncc(Nc2ccc(C(C)C)cc2)n1. The van der Waals surface area contributed by atoms with Gasteiger partial charge in [0.1, 0.15) is 0 Å². The Morgan fingerprint density at radius 2 is 1.76 bits per heavy atom. The van der Waals surface area contributed by atoms with Crippen molar-refractivity contribution in [2.75, 3.05) is 23.3 Å². The summed E-state index contributed by atoms with van der Waals surface area (Å²) < 4.78 is 0. The third kappa shape index (κ3) is 3.90. The van der Waals surface area contributed by atoms with E-state index in [1.807, 2.05) is 0 Å². The smallest absolute Gasteiger partial charge is 0.247 e. The summed E-state index contributed by atoms with van der Waals surface area (Å²) in [6.07, 6.45) is 1.64. The summed E-state index contributed by atoms with van der Waals surface area (Å²) in [5.41, 5.74) is 2.33. The first-order chi connectivity index (χ1) is 10.1. The van der Waals surface area contributed by atoms with E-state index in [0.717, 1.165) is 18.8 Å². The Morgan fingerprint density at radius 3 is 2.33 bits per heavy atom. The maximum absolute atomic E-state index is 4.51. The van der Waals surface area contributed by atoms with Gasteiger partial charge in [-0.3, -0.25) is 0 Å². The number of hydrogen-bond donors (Lipinski definition) is 1. The second-order valence-corrected chi connectivity index (χ2v) is 5.22. The van der Waals surface area contributed by atoms with Crippen molar-refractivity contribution >= 4 is 17.5 Å². The molecule has 0 radical (unpaired) electrons. The van der Waals surface area contributed by atoms with Crippen LogP contribution in [-0.4, -0.2) is 28.3 Å². The monoisotopic (exact) mass is 285 g/mol. The highest BCUT2D eigenvalue weighted by Crippen LogP contribution is 2.20. The Hall–Kier alpha value is -2.17. The van der Waals surface area contributed by atoms with Crippen molar-refractivity contribution in [2.24, 2.45) is 0 Å². The second-order valence-electron chi connectivity index (χ2n) is 5.22. The minimum absolute atomic E-state index is 0.536. The number of benzene rings is 1. The van der Waals surface area contributed by atoms with Gasteiger partial charge in [0.05, 0.1) is 6.20 Å². The van der Waals surface area contributed by atoms with Crippen molar-refractivity contribution in [3.05, 3.63) is 36.0 Å². The number of aromatic nitrogens is 3. The van der Waals surface area contributed by atoms with Crippen LogP contribution in [0.3, 0.4) is 0 Å². The molecule has 0 unspecified atom stereocenters. The molecule has 0 saturated carbocycles. The standard InChI is InChI=1S/C16H23N5/c1-5-21(6-2)16-19-15(11-17-20-16)18-14-9-7-13(8-10-14)12(3)4/h7-12H,5-6H2,1-4H3,(H,18,19,20). The quantitative estimate of drug-likeness (QED) is 0.879. The Labute approximate surface area is 126 Å². The van der Waals surface area contributed by atoms with Crippen LogP contribution in [-0.2, 0) is 0 Å². The first-order valence-electron chi connectivity index (χ1n) is 7.45. The fraction of sp³-hybridized carbons (Fsp3) is 0.438. The van der Waals surface area contributed by atoms with Crippen molar-refractivity contribution in [1.82, 2.24) is 15.2 Å². The lowest BCUT2D eigenvalue weighted by Gasteiger charge is -2.18. The molecule has 21 heavy (non-hydrogen) atoms. The highest BCUT2D eigenvalue weighted by atomic mass is 15.3. The van der Waals surface area contributed by atoms with Crippen LogP contribution < -0.4 is 10.2 Å². The van der Waals surface area contributed by atoms with E-state index in [4.69, 9.17) is 0 Å². The van der Waals surface area contributed by atoms with E-state index in [0.29, 0.717) is 17.7 Å². The van der Waals surface area contributed by atoms with Gasteiger partial charge in [-0.2, -0.15) is 10.1 Å². The van der Waals surface area contributed by atoms with E-state index >= 15 is 0 Å². The van der Waals surface area contributed by atoms with Crippen LogP contribution in [0.5, 0.6) is 0 Å². The van der Waals surface area contributed by atoms with Crippen molar-refractivity contribution in [1.29, 1.82) is 0 Å². The van der Waals surface area contributed by atoms with Gasteiger partial charge in [0.2, 0.25) is 5.95 Å². The molecule has 1 heterocycles. The first-order valence-corrected chi connectivity index (χ1v) is 7.45. The average molecular weight is 285 g/mol. The van der Waals surface area contributed by atoms with Crippen molar-refractivity contribution in [2.45, 2.75) is 33.6 Å². The molecule has 112 valence electrons. The summed E-state index contributed by atoms with van der Waals surface area (Å²) in [7, 11) is 0. The van der Waals surface area contributed by atoms with Gasteiger partial charge in [-0.05, 0) is 37.5 Å². The fourth-order valence-corrected chi connectivity index (χ4v) is 2.09. The second kappa shape index (κ2) is 7.02. The van der Waals surface area contributed by atoms with Crippen LogP contribution in [0.25, 0.3) is 0 Å². The molecule has 0 fully saturated rings. The zero-order valence-corrected chi connectivity index (χ0v) is 13.2. The molecular formula is C16H23N5. The number of rotatable bonds is 6. The Morgan fingerprint density at radius 1 is 1.10 bits per heavy atom. The van der Waals surface area contributed by atoms with Gasteiger partial charge in [0.25, 0.3) is 0 Å². The lowest BCUT2D eigenvalue weighted by Crippen LogP contribution is -2.24. The molecule has 2 rings (SSSR count). The van der Waals surface area contributed by atoms with E-state index < -0.39 is 0 Å².